The zero-order valence-electron chi connectivity index (χ0n) is 21.2. The van der Waals surface area contributed by atoms with Crippen LogP contribution in [0.15, 0.2) is 54.6 Å². The molecule has 3 N–H and O–H groups in total. The van der Waals surface area contributed by atoms with E-state index in [2.05, 4.69) is 11.4 Å². The van der Waals surface area contributed by atoms with Crippen molar-refractivity contribution in [3.05, 3.63) is 71.3 Å². The van der Waals surface area contributed by atoms with E-state index < -0.39 is 25.1 Å². The van der Waals surface area contributed by atoms with Gasteiger partial charge in [0, 0.05) is 6.42 Å². The molecule has 37 heavy (non-hydrogen) atoms. The van der Waals surface area contributed by atoms with Crippen molar-refractivity contribution in [2.24, 2.45) is 5.92 Å². The van der Waals surface area contributed by atoms with E-state index in [1.807, 2.05) is 68.4 Å². The quantitative estimate of drug-likeness (QED) is 0.419. The summed E-state index contributed by atoms with van der Waals surface area (Å²) in [6.07, 6.45) is 0.219. The van der Waals surface area contributed by atoms with Crippen LogP contribution in [-0.4, -0.2) is 71.9 Å². The molecule has 0 aliphatic carbocycles. The van der Waals surface area contributed by atoms with Crippen LogP contribution in [0.1, 0.15) is 30.5 Å². The maximum absolute atomic E-state index is 13.1. The Bertz CT molecular complexity index is 1070. The Hall–Kier alpha value is -3.39. The van der Waals surface area contributed by atoms with E-state index >= 15 is 0 Å². The van der Waals surface area contributed by atoms with E-state index in [1.54, 1.807) is 4.90 Å². The first-order valence-electron chi connectivity index (χ1n) is 12.5. The second kappa shape index (κ2) is 13.8. The molecular weight excluding hydrogens is 473 g/mol. The number of benzene rings is 2. The molecule has 4 atom stereocenters. The van der Waals surface area contributed by atoms with Crippen molar-refractivity contribution < 1.29 is 29.1 Å². The lowest BCUT2D eigenvalue weighted by molar-refractivity contribution is -0.146. The lowest BCUT2D eigenvalue weighted by Gasteiger charge is -2.39. The fourth-order valence-corrected chi connectivity index (χ4v) is 4.51. The molecular formula is C27H34BN3O6. The summed E-state index contributed by atoms with van der Waals surface area (Å²) in [5, 5.41) is 31.5. The van der Waals surface area contributed by atoms with Crippen LogP contribution >= 0.6 is 0 Å². The van der Waals surface area contributed by atoms with Gasteiger partial charge < -0.3 is 29.7 Å². The second-order valence-electron chi connectivity index (χ2n) is 9.43. The normalized spacial score (nSPS) is 18.8. The Morgan fingerprint density at radius 3 is 2.38 bits per heavy atom. The number of amides is 2. The number of nitrogens with one attached hydrogen (secondary N) is 1. The molecule has 3 rings (SSSR count). The molecule has 2 aromatic carbocycles. The van der Waals surface area contributed by atoms with E-state index in [4.69, 9.17) is 9.47 Å². The van der Waals surface area contributed by atoms with Crippen LogP contribution < -0.4 is 5.32 Å². The SMILES string of the molecule is C[C@H]1COC[C@H](C)N1C(=O)C(C#N)Cc1cccc(CCOC(=O)N[C@@H](Cc2ccccc2)B(O)O)c1. The topological polar surface area (TPSA) is 132 Å². The molecule has 0 aromatic heterocycles. The molecule has 0 radical (unpaired) electrons. The van der Waals surface area contributed by atoms with Crippen LogP contribution in [0.3, 0.4) is 0 Å². The Morgan fingerprint density at radius 2 is 1.73 bits per heavy atom. The number of rotatable bonds is 10. The van der Waals surface area contributed by atoms with E-state index in [1.165, 1.54) is 0 Å². The molecule has 0 bridgehead atoms. The third-order valence-electron chi connectivity index (χ3n) is 6.39. The summed E-state index contributed by atoms with van der Waals surface area (Å²) in [5.74, 6) is -1.89. The molecule has 1 heterocycles. The zero-order valence-corrected chi connectivity index (χ0v) is 21.2. The highest BCUT2D eigenvalue weighted by Crippen LogP contribution is 2.20. The number of hydrogen-bond donors (Lipinski definition) is 3. The average Bonchev–Trinajstić information content (AvgIpc) is 2.87. The van der Waals surface area contributed by atoms with Gasteiger partial charge in [0.1, 0.15) is 5.92 Å². The van der Waals surface area contributed by atoms with Crippen LogP contribution in [0.25, 0.3) is 0 Å². The predicted octanol–water partition coefficient (Wildman–Crippen LogP) is 1.90. The highest BCUT2D eigenvalue weighted by atomic mass is 16.5. The molecule has 0 spiro atoms. The van der Waals surface area contributed by atoms with Crippen molar-refractivity contribution in [3.63, 3.8) is 0 Å². The number of nitrogens with zero attached hydrogens (tertiary/aromatic N) is 2. The minimum absolute atomic E-state index is 0.0816. The number of alkyl carbamates (subject to hydrolysis) is 1. The van der Waals surface area contributed by atoms with E-state index in [9.17, 15) is 24.9 Å². The van der Waals surface area contributed by atoms with Gasteiger partial charge in [0.05, 0.1) is 43.9 Å². The lowest BCUT2D eigenvalue weighted by Crippen LogP contribution is -2.54. The van der Waals surface area contributed by atoms with Gasteiger partial charge in [-0.3, -0.25) is 4.79 Å². The van der Waals surface area contributed by atoms with Gasteiger partial charge in [-0.05, 0) is 43.4 Å². The van der Waals surface area contributed by atoms with Crippen LogP contribution in [0.2, 0.25) is 0 Å². The van der Waals surface area contributed by atoms with Crippen LogP contribution in [-0.2, 0) is 33.5 Å². The van der Waals surface area contributed by atoms with Crippen molar-refractivity contribution in [2.45, 2.75) is 51.1 Å². The minimum atomic E-state index is -1.73. The summed E-state index contributed by atoms with van der Waals surface area (Å²) in [4.78, 5) is 27.1. The van der Waals surface area contributed by atoms with Crippen molar-refractivity contribution in [1.29, 1.82) is 5.26 Å². The van der Waals surface area contributed by atoms with Gasteiger partial charge >= 0.3 is 13.2 Å². The van der Waals surface area contributed by atoms with Gasteiger partial charge in [-0.1, -0.05) is 54.6 Å². The van der Waals surface area contributed by atoms with Crippen molar-refractivity contribution in [1.82, 2.24) is 10.2 Å². The predicted molar refractivity (Wildman–Crippen MR) is 138 cm³/mol. The molecule has 10 heteroatoms. The van der Waals surface area contributed by atoms with Gasteiger partial charge in [0.2, 0.25) is 5.91 Å². The van der Waals surface area contributed by atoms with Gasteiger partial charge in [-0.25, -0.2) is 4.79 Å². The van der Waals surface area contributed by atoms with E-state index in [0.717, 1.165) is 16.7 Å². The molecule has 196 valence electrons. The second-order valence-corrected chi connectivity index (χ2v) is 9.43. The van der Waals surface area contributed by atoms with Crippen LogP contribution in [0, 0.1) is 17.2 Å². The molecule has 0 saturated carbocycles. The Labute approximate surface area is 218 Å². The van der Waals surface area contributed by atoms with Crippen LogP contribution in [0.4, 0.5) is 4.79 Å². The van der Waals surface area contributed by atoms with Gasteiger partial charge in [-0.15, -0.1) is 0 Å². The fourth-order valence-electron chi connectivity index (χ4n) is 4.51. The van der Waals surface area contributed by atoms with Crippen molar-refractivity contribution in [3.8, 4) is 6.07 Å². The standard InChI is InChI=1S/C27H34BN3O6/c1-19-17-36-18-20(2)31(19)26(32)24(16-29)14-23-10-6-9-22(13-23)11-12-37-27(33)30-25(28(34)35)15-21-7-4-3-5-8-21/h3-10,13,19-20,24-25,34-35H,11-12,14-15,17-18H2,1-2H3,(H,30,33)/t19-,20-,24?,25-/m0/s1. The van der Waals surface area contributed by atoms with Gasteiger partial charge in [-0.2, -0.15) is 5.26 Å². The first-order chi connectivity index (χ1) is 17.8. The Kier molecular flexibility index (Phi) is 10.5. The maximum Gasteiger partial charge on any atom is 0.475 e. The lowest BCUT2D eigenvalue weighted by atomic mass is 9.76. The zero-order chi connectivity index (χ0) is 26.8. The summed E-state index contributed by atoms with van der Waals surface area (Å²) in [6.45, 7) is 4.84. The third kappa shape index (κ3) is 8.32. The van der Waals surface area contributed by atoms with E-state index in [-0.39, 0.29) is 37.4 Å². The monoisotopic (exact) mass is 507 g/mol. The van der Waals surface area contributed by atoms with Gasteiger partial charge in [0.25, 0.3) is 0 Å². The van der Waals surface area contributed by atoms with Crippen LogP contribution in [0.5, 0.6) is 0 Å². The first kappa shape index (κ1) is 28.2. The maximum atomic E-state index is 13.1. The van der Waals surface area contributed by atoms with Gasteiger partial charge in [0.15, 0.2) is 0 Å². The number of nitriles is 1. The number of carbonyl (C=O) groups is 2. The summed E-state index contributed by atoms with van der Waals surface area (Å²) in [6, 6.07) is 18.7. The number of hydrogen-bond acceptors (Lipinski definition) is 7. The number of carbonyl (C=O) groups excluding carboxylic acids is 2. The van der Waals surface area contributed by atoms with Crippen molar-refractivity contribution >= 4 is 19.1 Å². The molecule has 1 aliphatic rings. The number of morpholine rings is 1. The highest BCUT2D eigenvalue weighted by Gasteiger charge is 2.34. The molecule has 1 unspecified atom stereocenters. The molecule has 9 nitrogen and oxygen atoms in total. The smallest absolute Gasteiger partial charge is 0.449 e. The third-order valence-corrected chi connectivity index (χ3v) is 6.39. The summed E-state index contributed by atoms with van der Waals surface area (Å²) in [7, 11) is -1.73. The molecule has 2 amide bonds. The largest absolute Gasteiger partial charge is 0.475 e. The summed E-state index contributed by atoms with van der Waals surface area (Å²) in [5.41, 5.74) is 2.59. The van der Waals surface area contributed by atoms with E-state index in [0.29, 0.717) is 19.6 Å². The fraction of sp³-hybridized carbons (Fsp3) is 0.444. The minimum Gasteiger partial charge on any atom is -0.449 e. The molecule has 2 aromatic rings. The molecule has 1 fully saturated rings. The Balaban J connectivity index is 1.51. The summed E-state index contributed by atoms with van der Waals surface area (Å²) >= 11 is 0. The highest BCUT2D eigenvalue weighted by molar-refractivity contribution is 6.43. The van der Waals surface area contributed by atoms with Crippen molar-refractivity contribution in [2.75, 3.05) is 19.8 Å². The molecule has 1 aliphatic heterocycles. The Morgan fingerprint density at radius 1 is 1.08 bits per heavy atom. The summed E-state index contributed by atoms with van der Waals surface area (Å²) < 4.78 is 10.7. The number of ether oxygens (including phenoxy) is 2. The molecule has 1 saturated heterocycles. The first-order valence-corrected chi connectivity index (χ1v) is 12.5. The average molecular weight is 507 g/mol.